The van der Waals surface area contributed by atoms with Gasteiger partial charge in [0.1, 0.15) is 18.8 Å². The monoisotopic (exact) mass is 480 g/mol. The first kappa shape index (κ1) is 23.3. The van der Waals surface area contributed by atoms with Crippen molar-refractivity contribution in [2.75, 3.05) is 32.9 Å². The normalized spacial score (nSPS) is 22.1. The van der Waals surface area contributed by atoms with Crippen molar-refractivity contribution in [1.29, 1.82) is 0 Å². The lowest BCUT2D eigenvalue weighted by Crippen LogP contribution is -2.66. The minimum absolute atomic E-state index is 0.0463. The van der Waals surface area contributed by atoms with Crippen LogP contribution in [0.3, 0.4) is 0 Å². The van der Waals surface area contributed by atoms with Gasteiger partial charge in [-0.1, -0.05) is 48.5 Å². The average molecular weight is 481 g/mol. The zero-order chi connectivity index (χ0) is 24.6. The van der Waals surface area contributed by atoms with E-state index in [4.69, 9.17) is 19.3 Å². The van der Waals surface area contributed by atoms with Crippen molar-refractivity contribution < 1.29 is 33.7 Å². The Balaban J connectivity index is 1.16. The van der Waals surface area contributed by atoms with Crippen molar-refractivity contribution in [3.8, 4) is 11.1 Å². The molecule has 0 saturated carbocycles. The van der Waals surface area contributed by atoms with E-state index in [2.05, 4.69) is 29.6 Å². The predicted molar refractivity (Wildman–Crippen MR) is 125 cm³/mol. The van der Waals surface area contributed by atoms with Gasteiger partial charge in [-0.3, -0.25) is 4.79 Å². The molecule has 0 unspecified atom stereocenters. The van der Waals surface area contributed by atoms with E-state index in [-0.39, 0.29) is 31.5 Å². The number of likely N-dealkylation sites (tertiary alicyclic amines) is 1. The van der Waals surface area contributed by atoms with Crippen LogP contribution >= 0.6 is 0 Å². The van der Waals surface area contributed by atoms with E-state index in [1.807, 2.05) is 24.3 Å². The molecule has 2 amide bonds. The number of alkyl carbamates (subject to hydrolysis) is 1. The SMILES string of the molecule is CC1(OCC(=O)O)CN(C(=O)[C@@H]2OCC[C@@H]2NC(=O)OCC2c3ccccc3-c3ccccc32)C1. The third-order valence-electron chi connectivity index (χ3n) is 6.89. The molecule has 2 aromatic carbocycles. The zero-order valence-electron chi connectivity index (χ0n) is 19.4. The molecule has 2 aliphatic heterocycles. The van der Waals surface area contributed by atoms with E-state index in [0.29, 0.717) is 13.0 Å². The summed E-state index contributed by atoms with van der Waals surface area (Å²) in [6.45, 7) is 2.45. The molecule has 2 N–H and O–H groups in total. The van der Waals surface area contributed by atoms with Gasteiger partial charge in [0.15, 0.2) is 6.10 Å². The molecule has 1 aliphatic carbocycles. The van der Waals surface area contributed by atoms with Gasteiger partial charge < -0.3 is 29.5 Å². The lowest BCUT2D eigenvalue weighted by atomic mass is 9.94. The fraction of sp³-hybridized carbons (Fsp3) is 0.423. The average Bonchev–Trinajstić information content (AvgIpc) is 3.41. The van der Waals surface area contributed by atoms with E-state index in [1.165, 1.54) is 0 Å². The number of carbonyl (C=O) groups excluding carboxylic acids is 2. The molecule has 9 heteroatoms. The van der Waals surface area contributed by atoms with Gasteiger partial charge in [0, 0.05) is 12.5 Å². The molecule has 184 valence electrons. The Hall–Kier alpha value is -3.43. The minimum Gasteiger partial charge on any atom is -0.480 e. The lowest BCUT2D eigenvalue weighted by molar-refractivity contribution is -0.178. The second kappa shape index (κ2) is 9.31. The Bertz CT molecular complexity index is 1100. The number of benzene rings is 2. The van der Waals surface area contributed by atoms with Gasteiger partial charge in [-0.15, -0.1) is 0 Å². The Labute approximate surface area is 203 Å². The third-order valence-corrected chi connectivity index (χ3v) is 6.89. The summed E-state index contributed by atoms with van der Waals surface area (Å²) in [6, 6.07) is 15.7. The first-order valence-electron chi connectivity index (χ1n) is 11.7. The largest absolute Gasteiger partial charge is 0.480 e. The summed E-state index contributed by atoms with van der Waals surface area (Å²) in [5, 5.41) is 11.6. The lowest BCUT2D eigenvalue weighted by Gasteiger charge is -2.48. The number of aliphatic carboxylic acids is 1. The standard InChI is InChI=1S/C26H28N2O7/c1-26(35-13-22(29)30)14-28(15-26)24(31)23-21(10-11-33-23)27-25(32)34-12-20-18-8-4-2-6-16(18)17-7-3-5-9-19(17)20/h2-9,20-21,23H,10-15H2,1H3,(H,27,32)(H,29,30)/t21-,23+/m0/s1. The van der Waals surface area contributed by atoms with Crippen LogP contribution in [0.1, 0.15) is 30.4 Å². The molecule has 2 aromatic rings. The second-order valence-electron chi connectivity index (χ2n) is 9.48. The smallest absolute Gasteiger partial charge is 0.407 e. The highest BCUT2D eigenvalue weighted by Gasteiger charge is 2.47. The van der Waals surface area contributed by atoms with Gasteiger partial charge in [-0.05, 0) is 35.6 Å². The quantitative estimate of drug-likeness (QED) is 0.625. The summed E-state index contributed by atoms with van der Waals surface area (Å²) >= 11 is 0. The molecule has 2 heterocycles. The number of ether oxygens (including phenoxy) is 3. The topological polar surface area (TPSA) is 114 Å². The maximum absolute atomic E-state index is 12.9. The number of rotatable bonds is 7. The summed E-state index contributed by atoms with van der Waals surface area (Å²) in [5.74, 6) is -1.35. The van der Waals surface area contributed by atoms with Gasteiger partial charge in [0.2, 0.25) is 0 Å². The summed E-state index contributed by atoms with van der Waals surface area (Å²) in [5.41, 5.74) is 3.87. The van der Waals surface area contributed by atoms with Gasteiger partial charge in [0.25, 0.3) is 5.91 Å². The molecular formula is C26H28N2O7. The summed E-state index contributed by atoms with van der Waals surface area (Å²) < 4.78 is 16.6. The van der Waals surface area contributed by atoms with Crippen LogP contribution in [0.5, 0.6) is 0 Å². The van der Waals surface area contributed by atoms with Crippen molar-refractivity contribution in [3.05, 3.63) is 59.7 Å². The predicted octanol–water partition coefficient (Wildman–Crippen LogP) is 2.38. The van der Waals surface area contributed by atoms with Crippen molar-refractivity contribution in [3.63, 3.8) is 0 Å². The van der Waals surface area contributed by atoms with Crippen LogP contribution in [0.4, 0.5) is 4.79 Å². The van der Waals surface area contributed by atoms with Gasteiger partial charge in [-0.2, -0.15) is 0 Å². The Kier molecular flexibility index (Phi) is 6.21. The van der Waals surface area contributed by atoms with Crippen LogP contribution in [0.2, 0.25) is 0 Å². The van der Waals surface area contributed by atoms with E-state index >= 15 is 0 Å². The highest BCUT2D eigenvalue weighted by molar-refractivity contribution is 5.84. The van der Waals surface area contributed by atoms with Crippen LogP contribution < -0.4 is 5.32 Å². The zero-order valence-corrected chi connectivity index (χ0v) is 19.4. The van der Waals surface area contributed by atoms with Crippen LogP contribution in [-0.4, -0.2) is 78.6 Å². The number of hydrogen-bond donors (Lipinski definition) is 2. The van der Waals surface area contributed by atoms with Crippen LogP contribution in [0.25, 0.3) is 11.1 Å². The molecule has 5 rings (SSSR count). The highest BCUT2D eigenvalue weighted by atomic mass is 16.6. The van der Waals surface area contributed by atoms with Crippen molar-refractivity contribution >= 4 is 18.0 Å². The second-order valence-corrected chi connectivity index (χ2v) is 9.48. The molecule has 3 aliphatic rings. The maximum Gasteiger partial charge on any atom is 0.407 e. The van der Waals surface area contributed by atoms with E-state index < -0.39 is 36.4 Å². The van der Waals surface area contributed by atoms with Crippen LogP contribution in [0, 0.1) is 0 Å². The van der Waals surface area contributed by atoms with Crippen LogP contribution in [0.15, 0.2) is 48.5 Å². The molecule has 0 spiro atoms. The summed E-state index contributed by atoms with van der Waals surface area (Å²) in [4.78, 5) is 37.9. The van der Waals surface area contributed by atoms with E-state index in [9.17, 15) is 14.4 Å². The molecule has 35 heavy (non-hydrogen) atoms. The Morgan fingerprint density at radius 1 is 1.09 bits per heavy atom. The maximum atomic E-state index is 12.9. The number of fused-ring (bicyclic) bond motifs is 3. The number of carbonyl (C=O) groups is 3. The first-order valence-corrected chi connectivity index (χ1v) is 11.7. The Morgan fingerprint density at radius 2 is 1.71 bits per heavy atom. The molecule has 2 atom stereocenters. The summed E-state index contributed by atoms with van der Waals surface area (Å²) in [7, 11) is 0. The molecule has 9 nitrogen and oxygen atoms in total. The van der Waals surface area contributed by atoms with Crippen molar-refractivity contribution in [2.45, 2.75) is 37.0 Å². The van der Waals surface area contributed by atoms with E-state index in [1.54, 1.807) is 11.8 Å². The molecule has 0 aromatic heterocycles. The Morgan fingerprint density at radius 3 is 2.34 bits per heavy atom. The van der Waals surface area contributed by atoms with E-state index in [0.717, 1.165) is 22.3 Å². The first-order chi connectivity index (χ1) is 16.8. The van der Waals surface area contributed by atoms with Gasteiger partial charge >= 0.3 is 12.1 Å². The van der Waals surface area contributed by atoms with Crippen molar-refractivity contribution in [1.82, 2.24) is 10.2 Å². The fourth-order valence-corrected chi connectivity index (χ4v) is 5.20. The molecular weight excluding hydrogens is 452 g/mol. The highest BCUT2D eigenvalue weighted by Crippen LogP contribution is 2.44. The van der Waals surface area contributed by atoms with Crippen molar-refractivity contribution in [2.24, 2.45) is 0 Å². The van der Waals surface area contributed by atoms with Crippen LogP contribution in [-0.2, 0) is 23.8 Å². The molecule has 0 radical (unpaired) electrons. The third kappa shape index (κ3) is 4.61. The molecule has 2 fully saturated rings. The number of hydrogen-bond acceptors (Lipinski definition) is 6. The minimum atomic E-state index is -1.05. The molecule has 2 saturated heterocycles. The fourth-order valence-electron chi connectivity index (χ4n) is 5.20. The van der Waals surface area contributed by atoms with Gasteiger partial charge in [0.05, 0.1) is 19.1 Å². The number of nitrogens with zero attached hydrogens (tertiary/aromatic N) is 1. The summed E-state index contributed by atoms with van der Waals surface area (Å²) in [6.07, 6.45) is -0.890. The number of carboxylic acids is 1. The number of carboxylic acid groups (broad SMARTS) is 1. The molecule has 0 bridgehead atoms. The van der Waals surface area contributed by atoms with Gasteiger partial charge in [-0.25, -0.2) is 9.59 Å². The number of amides is 2. The number of nitrogens with one attached hydrogen (secondary N) is 1.